The van der Waals surface area contributed by atoms with Gasteiger partial charge in [0.05, 0.1) is 7.11 Å². The van der Waals surface area contributed by atoms with E-state index >= 15 is 0 Å². The minimum absolute atomic E-state index is 0.347. The summed E-state index contributed by atoms with van der Waals surface area (Å²) in [6, 6.07) is 7.76. The average Bonchev–Trinajstić information content (AvgIpc) is 3.10. The second kappa shape index (κ2) is 5.15. The van der Waals surface area contributed by atoms with Crippen molar-refractivity contribution < 1.29 is 9.53 Å². The Hall–Kier alpha value is -1.31. The Kier molecular flexibility index (Phi) is 3.60. The van der Waals surface area contributed by atoms with Crippen LogP contribution in [-0.4, -0.2) is 12.9 Å². The molecular formula is C14H18O2. The molecule has 0 amide bonds. The van der Waals surface area contributed by atoms with Gasteiger partial charge >= 0.3 is 0 Å². The summed E-state index contributed by atoms with van der Waals surface area (Å²) >= 11 is 0. The standard InChI is InChI=1S/C14H18O2/c1-16-14-4-2-3-12(10-14)9-13(15)8-7-11-5-6-11/h2-4,10-11H,5-9H2,1H3. The van der Waals surface area contributed by atoms with E-state index in [4.69, 9.17) is 4.74 Å². The molecular weight excluding hydrogens is 200 g/mol. The van der Waals surface area contributed by atoms with Crippen molar-refractivity contribution >= 4 is 5.78 Å². The quantitative estimate of drug-likeness (QED) is 0.733. The van der Waals surface area contributed by atoms with Crippen LogP contribution in [0.25, 0.3) is 0 Å². The Balaban J connectivity index is 1.83. The highest BCUT2D eigenvalue weighted by Gasteiger charge is 2.21. The monoisotopic (exact) mass is 218 g/mol. The van der Waals surface area contributed by atoms with Crippen LogP contribution in [0, 0.1) is 5.92 Å². The van der Waals surface area contributed by atoms with Gasteiger partial charge in [0.25, 0.3) is 0 Å². The third-order valence-electron chi connectivity index (χ3n) is 3.06. The first kappa shape index (κ1) is 11.2. The lowest BCUT2D eigenvalue weighted by Crippen LogP contribution is -2.03. The van der Waals surface area contributed by atoms with Crippen molar-refractivity contribution in [3.8, 4) is 5.75 Å². The molecule has 2 nitrogen and oxygen atoms in total. The third-order valence-corrected chi connectivity index (χ3v) is 3.06. The van der Waals surface area contributed by atoms with Gasteiger partial charge in [0.2, 0.25) is 0 Å². The fourth-order valence-electron chi connectivity index (χ4n) is 1.87. The number of hydrogen-bond donors (Lipinski definition) is 0. The van der Waals surface area contributed by atoms with Crippen molar-refractivity contribution in [3.63, 3.8) is 0 Å². The largest absolute Gasteiger partial charge is 0.497 e. The number of Topliss-reactive ketones (excluding diaryl/α,β-unsaturated/α-hetero) is 1. The van der Waals surface area contributed by atoms with Crippen LogP contribution >= 0.6 is 0 Å². The van der Waals surface area contributed by atoms with Crippen molar-refractivity contribution in [2.75, 3.05) is 7.11 Å². The van der Waals surface area contributed by atoms with Crippen LogP contribution in [0.15, 0.2) is 24.3 Å². The number of hydrogen-bond acceptors (Lipinski definition) is 2. The molecule has 1 aliphatic carbocycles. The summed E-state index contributed by atoms with van der Waals surface area (Å²) in [5.74, 6) is 2.02. The van der Waals surface area contributed by atoms with E-state index in [2.05, 4.69) is 0 Å². The summed E-state index contributed by atoms with van der Waals surface area (Å²) in [7, 11) is 1.65. The van der Waals surface area contributed by atoms with Crippen LogP contribution in [0.5, 0.6) is 5.75 Å². The van der Waals surface area contributed by atoms with E-state index < -0.39 is 0 Å². The van der Waals surface area contributed by atoms with Gasteiger partial charge in [-0.05, 0) is 30.0 Å². The van der Waals surface area contributed by atoms with Crippen LogP contribution in [0.1, 0.15) is 31.2 Å². The number of rotatable bonds is 6. The maximum absolute atomic E-state index is 11.7. The van der Waals surface area contributed by atoms with E-state index in [1.165, 1.54) is 12.8 Å². The number of carbonyl (C=O) groups excluding carboxylic acids is 1. The topological polar surface area (TPSA) is 26.3 Å². The zero-order valence-corrected chi connectivity index (χ0v) is 9.74. The van der Waals surface area contributed by atoms with Crippen molar-refractivity contribution in [1.29, 1.82) is 0 Å². The predicted octanol–water partition coefficient (Wildman–Crippen LogP) is 3.00. The van der Waals surface area contributed by atoms with E-state index in [9.17, 15) is 4.79 Å². The highest BCUT2D eigenvalue weighted by molar-refractivity contribution is 5.80. The van der Waals surface area contributed by atoms with Gasteiger partial charge in [-0.2, -0.15) is 0 Å². The van der Waals surface area contributed by atoms with Crippen molar-refractivity contribution in [1.82, 2.24) is 0 Å². The Morgan fingerprint density at radius 3 is 2.94 bits per heavy atom. The molecule has 0 heterocycles. The van der Waals surface area contributed by atoms with E-state index in [0.29, 0.717) is 12.2 Å². The number of ketones is 1. The second-order valence-corrected chi connectivity index (χ2v) is 4.55. The van der Waals surface area contributed by atoms with Crippen LogP contribution in [0.4, 0.5) is 0 Å². The van der Waals surface area contributed by atoms with Gasteiger partial charge in [0, 0.05) is 12.8 Å². The van der Waals surface area contributed by atoms with Crippen LogP contribution < -0.4 is 4.74 Å². The fourth-order valence-corrected chi connectivity index (χ4v) is 1.87. The van der Waals surface area contributed by atoms with E-state index in [1.807, 2.05) is 24.3 Å². The third kappa shape index (κ3) is 3.37. The molecule has 1 aromatic rings. The summed E-state index contributed by atoms with van der Waals surface area (Å²) in [5, 5.41) is 0. The zero-order valence-electron chi connectivity index (χ0n) is 9.74. The van der Waals surface area contributed by atoms with Gasteiger partial charge in [-0.25, -0.2) is 0 Å². The molecule has 0 spiro atoms. The number of methoxy groups -OCH3 is 1. The molecule has 0 unspecified atom stereocenters. The summed E-state index contributed by atoms with van der Waals surface area (Å²) in [6.45, 7) is 0. The Morgan fingerprint density at radius 2 is 2.25 bits per heavy atom. The minimum Gasteiger partial charge on any atom is -0.497 e. The van der Waals surface area contributed by atoms with Crippen LogP contribution in [0.3, 0.4) is 0 Å². The number of carbonyl (C=O) groups is 1. The lowest BCUT2D eigenvalue weighted by molar-refractivity contribution is -0.118. The van der Waals surface area contributed by atoms with Gasteiger partial charge < -0.3 is 4.74 Å². The molecule has 0 aliphatic heterocycles. The molecule has 1 fully saturated rings. The predicted molar refractivity (Wildman–Crippen MR) is 63.7 cm³/mol. The zero-order chi connectivity index (χ0) is 11.4. The van der Waals surface area contributed by atoms with Gasteiger partial charge in [-0.1, -0.05) is 25.0 Å². The summed E-state index contributed by atoms with van der Waals surface area (Å²) in [5.41, 5.74) is 1.06. The average molecular weight is 218 g/mol. The Labute approximate surface area is 96.6 Å². The second-order valence-electron chi connectivity index (χ2n) is 4.55. The SMILES string of the molecule is COc1cccc(CC(=O)CCC2CC2)c1. The van der Waals surface area contributed by atoms with Gasteiger partial charge in [-0.15, -0.1) is 0 Å². The number of benzene rings is 1. The molecule has 16 heavy (non-hydrogen) atoms. The minimum atomic E-state index is 0.347. The first-order valence-electron chi connectivity index (χ1n) is 5.92. The van der Waals surface area contributed by atoms with Gasteiger partial charge in [0.1, 0.15) is 11.5 Å². The molecule has 86 valence electrons. The van der Waals surface area contributed by atoms with Crippen molar-refractivity contribution in [2.24, 2.45) is 5.92 Å². The maximum atomic E-state index is 11.7. The molecule has 1 saturated carbocycles. The first-order chi connectivity index (χ1) is 7.78. The first-order valence-corrected chi connectivity index (χ1v) is 5.92. The maximum Gasteiger partial charge on any atom is 0.137 e. The number of ether oxygens (including phenoxy) is 1. The van der Waals surface area contributed by atoms with E-state index in [-0.39, 0.29) is 0 Å². The molecule has 1 aliphatic rings. The van der Waals surface area contributed by atoms with Crippen molar-refractivity contribution in [3.05, 3.63) is 29.8 Å². The van der Waals surface area contributed by atoms with Crippen LogP contribution in [-0.2, 0) is 11.2 Å². The van der Waals surface area contributed by atoms with Crippen LogP contribution in [0.2, 0.25) is 0 Å². The molecule has 0 bridgehead atoms. The molecule has 2 rings (SSSR count). The molecule has 1 aromatic carbocycles. The molecule has 0 saturated heterocycles. The molecule has 0 aromatic heterocycles. The molecule has 0 radical (unpaired) electrons. The highest BCUT2D eigenvalue weighted by atomic mass is 16.5. The molecule has 0 N–H and O–H groups in total. The molecule has 2 heteroatoms. The Bertz CT molecular complexity index is 367. The van der Waals surface area contributed by atoms with E-state index in [0.717, 1.165) is 30.1 Å². The lowest BCUT2D eigenvalue weighted by atomic mass is 10.0. The highest BCUT2D eigenvalue weighted by Crippen LogP contribution is 2.33. The normalized spacial score (nSPS) is 14.8. The lowest BCUT2D eigenvalue weighted by Gasteiger charge is -2.03. The summed E-state index contributed by atoms with van der Waals surface area (Å²) < 4.78 is 5.13. The molecule has 0 atom stereocenters. The smallest absolute Gasteiger partial charge is 0.137 e. The van der Waals surface area contributed by atoms with Crippen molar-refractivity contribution in [2.45, 2.75) is 32.1 Å². The Morgan fingerprint density at radius 1 is 1.44 bits per heavy atom. The van der Waals surface area contributed by atoms with Gasteiger partial charge in [0.15, 0.2) is 0 Å². The summed E-state index contributed by atoms with van der Waals surface area (Å²) in [4.78, 5) is 11.7. The fraction of sp³-hybridized carbons (Fsp3) is 0.500. The van der Waals surface area contributed by atoms with E-state index in [1.54, 1.807) is 7.11 Å². The van der Waals surface area contributed by atoms with Gasteiger partial charge in [-0.3, -0.25) is 4.79 Å². The summed E-state index contributed by atoms with van der Waals surface area (Å²) in [6.07, 6.45) is 5.02.